The van der Waals surface area contributed by atoms with Crippen molar-refractivity contribution in [3.05, 3.63) is 18.0 Å². The van der Waals surface area contributed by atoms with E-state index in [1.165, 1.54) is 0 Å². The highest BCUT2D eigenvalue weighted by molar-refractivity contribution is 5.30. The lowest BCUT2D eigenvalue weighted by molar-refractivity contribution is 0.202. The quantitative estimate of drug-likeness (QED) is 0.792. The van der Waals surface area contributed by atoms with E-state index in [-0.39, 0.29) is 0 Å². The highest BCUT2D eigenvalue weighted by atomic mass is 16.3. The number of nitrogens with one attached hydrogen (secondary N) is 1. The molecule has 2 rings (SSSR count). The molecule has 2 heterocycles. The maximum atomic E-state index is 9.09. The highest BCUT2D eigenvalue weighted by Gasteiger charge is 2.19. The molecular weight excluding hydrogens is 216 g/mol. The van der Waals surface area contributed by atoms with Gasteiger partial charge in [0.15, 0.2) is 0 Å². The lowest BCUT2D eigenvalue weighted by Gasteiger charge is -2.31. The number of rotatable bonds is 4. The third-order valence-electron chi connectivity index (χ3n) is 3.23. The molecule has 1 aliphatic rings. The molecule has 0 saturated carbocycles. The van der Waals surface area contributed by atoms with E-state index in [4.69, 9.17) is 5.11 Å². The van der Waals surface area contributed by atoms with E-state index in [1.807, 2.05) is 19.4 Å². The molecule has 0 unspecified atom stereocenters. The predicted octanol–water partition coefficient (Wildman–Crippen LogP) is 0.405. The number of aromatic nitrogens is 2. The molecule has 5 nitrogen and oxygen atoms in total. The van der Waals surface area contributed by atoms with Crippen LogP contribution in [-0.4, -0.2) is 41.8 Å². The van der Waals surface area contributed by atoms with Crippen LogP contribution in [-0.2, 0) is 6.54 Å². The zero-order chi connectivity index (χ0) is 12.1. The van der Waals surface area contributed by atoms with E-state index >= 15 is 0 Å². The Bertz CT molecular complexity index is 333. The van der Waals surface area contributed by atoms with Gasteiger partial charge in [0, 0.05) is 44.2 Å². The minimum absolute atomic E-state index is 0.301. The summed E-state index contributed by atoms with van der Waals surface area (Å²) in [5, 5.41) is 12.2. The first-order valence-corrected chi connectivity index (χ1v) is 6.15. The van der Waals surface area contributed by atoms with Crippen LogP contribution in [0.4, 0.5) is 5.95 Å². The fourth-order valence-corrected chi connectivity index (χ4v) is 2.12. The molecular formula is C12H20N4O. The van der Waals surface area contributed by atoms with E-state index in [2.05, 4.69) is 20.2 Å². The SMILES string of the molecule is CNCc1cnc(N2CCC(CO)CC2)nc1. The summed E-state index contributed by atoms with van der Waals surface area (Å²) in [7, 11) is 1.91. The Labute approximate surface area is 102 Å². The van der Waals surface area contributed by atoms with Crippen LogP contribution in [0.3, 0.4) is 0 Å². The largest absolute Gasteiger partial charge is 0.396 e. The van der Waals surface area contributed by atoms with Gasteiger partial charge in [0.2, 0.25) is 5.95 Å². The fraction of sp³-hybridized carbons (Fsp3) is 0.667. The van der Waals surface area contributed by atoms with Crippen molar-refractivity contribution >= 4 is 5.95 Å². The van der Waals surface area contributed by atoms with E-state index < -0.39 is 0 Å². The smallest absolute Gasteiger partial charge is 0.225 e. The molecule has 0 spiro atoms. The Hall–Kier alpha value is -1.20. The maximum absolute atomic E-state index is 9.09. The summed E-state index contributed by atoms with van der Waals surface area (Å²) in [6, 6.07) is 0. The molecule has 0 atom stereocenters. The molecule has 5 heteroatoms. The van der Waals surface area contributed by atoms with E-state index in [9.17, 15) is 0 Å². The van der Waals surface area contributed by atoms with Crippen LogP contribution in [0.5, 0.6) is 0 Å². The van der Waals surface area contributed by atoms with Gasteiger partial charge in [0.1, 0.15) is 0 Å². The topological polar surface area (TPSA) is 61.3 Å². The molecule has 94 valence electrons. The van der Waals surface area contributed by atoms with Gasteiger partial charge in [-0.3, -0.25) is 0 Å². The summed E-state index contributed by atoms with van der Waals surface area (Å²) in [5.74, 6) is 1.26. The van der Waals surface area contributed by atoms with Gasteiger partial charge in [0.25, 0.3) is 0 Å². The number of nitrogens with zero attached hydrogens (tertiary/aromatic N) is 3. The van der Waals surface area contributed by atoms with Crippen molar-refractivity contribution in [3.63, 3.8) is 0 Å². The monoisotopic (exact) mass is 236 g/mol. The second kappa shape index (κ2) is 5.93. The summed E-state index contributed by atoms with van der Waals surface area (Å²) < 4.78 is 0. The van der Waals surface area contributed by atoms with Crippen molar-refractivity contribution in [1.82, 2.24) is 15.3 Å². The van der Waals surface area contributed by atoms with Crippen LogP contribution in [0.2, 0.25) is 0 Å². The van der Waals surface area contributed by atoms with Gasteiger partial charge in [-0.05, 0) is 25.8 Å². The van der Waals surface area contributed by atoms with Crippen LogP contribution in [0.25, 0.3) is 0 Å². The Morgan fingerprint density at radius 3 is 2.53 bits per heavy atom. The van der Waals surface area contributed by atoms with Crippen molar-refractivity contribution in [2.45, 2.75) is 19.4 Å². The molecule has 0 aromatic carbocycles. The normalized spacial score (nSPS) is 17.4. The van der Waals surface area contributed by atoms with Gasteiger partial charge >= 0.3 is 0 Å². The van der Waals surface area contributed by atoms with E-state index in [0.29, 0.717) is 12.5 Å². The van der Waals surface area contributed by atoms with Crippen molar-refractivity contribution in [1.29, 1.82) is 0 Å². The van der Waals surface area contributed by atoms with Crippen LogP contribution >= 0.6 is 0 Å². The summed E-state index contributed by atoms with van der Waals surface area (Å²) in [5.41, 5.74) is 1.10. The number of aliphatic hydroxyl groups excluding tert-OH is 1. The standard InChI is InChI=1S/C12H20N4O/c1-13-6-11-7-14-12(15-8-11)16-4-2-10(9-17)3-5-16/h7-8,10,13,17H,2-6,9H2,1H3. The number of anilines is 1. The molecule has 0 amide bonds. The van der Waals surface area contributed by atoms with Gasteiger partial charge < -0.3 is 15.3 Å². The molecule has 0 bridgehead atoms. The molecule has 0 aliphatic carbocycles. The van der Waals surface area contributed by atoms with Gasteiger partial charge in [-0.2, -0.15) is 0 Å². The van der Waals surface area contributed by atoms with E-state index in [0.717, 1.165) is 44.0 Å². The van der Waals surface area contributed by atoms with Crippen LogP contribution < -0.4 is 10.2 Å². The summed E-state index contributed by atoms with van der Waals surface area (Å²) in [4.78, 5) is 11.0. The number of hydrogen-bond donors (Lipinski definition) is 2. The van der Waals surface area contributed by atoms with Crippen molar-refractivity contribution in [3.8, 4) is 0 Å². The minimum Gasteiger partial charge on any atom is -0.396 e. The first kappa shape index (κ1) is 12.3. The zero-order valence-corrected chi connectivity index (χ0v) is 10.3. The van der Waals surface area contributed by atoms with Gasteiger partial charge in [-0.1, -0.05) is 0 Å². The zero-order valence-electron chi connectivity index (χ0n) is 10.3. The second-order valence-electron chi connectivity index (χ2n) is 4.53. The summed E-state index contributed by atoms with van der Waals surface area (Å²) >= 11 is 0. The lowest BCUT2D eigenvalue weighted by atomic mass is 9.98. The molecule has 2 N–H and O–H groups in total. The molecule has 1 saturated heterocycles. The Morgan fingerprint density at radius 1 is 1.35 bits per heavy atom. The first-order chi connectivity index (χ1) is 8.33. The molecule has 17 heavy (non-hydrogen) atoms. The average Bonchev–Trinajstić information content (AvgIpc) is 2.40. The lowest BCUT2D eigenvalue weighted by Crippen LogP contribution is -2.35. The Morgan fingerprint density at radius 2 is 2.00 bits per heavy atom. The average molecular weight is 236 g/mol. The second-order valence-corrected chi connectivity index (χ2v) is 4.53. The predicted molar refractivity (Wildman–Crippen MR) is 66.8 cm³/mol. The Balaban J connectivity index is 1.94. The maximum Gasteiger partial charge on any atom is 0.225 e. The highest BCUT2D eigenvalue weighted by Crippen LogP contribution is 2.19. The van der Waals surface area contributed by atoms with E-state index in [1.54, 1.807) is 0 Å². The fourth-order valence-electron chi connectivity index (χ4n) is 2.12. The minimum atomic E-state index is 0.301. The van der Waals surface area contributed by atoms with Gasteiger partial charge in [0.05, 0.1) is 0 Å². The van der Waals surface area contributed by atoms with Crippen LogP contribution in [0.15, 0.2) is 12.4 Å². The number of hydrogen-bond acceptors (Lipinski definition) is 5. The molecule has 1 fully saturated rings. The molecule has 1 aromatic heterocycles. The van der Waals surface area contributed by atoms with Gasteiger partial charge in [-0.15, -0.1) is 0 Å². The Kier molecular flexibility index (Phi) is 4.28. The van der Waals surface area contributed by atoms with Crippen molar-refractivity contribution < 1.29 is 5.11 Å². The van der Waals surface area contributed by atoms with Crippen LogP contribution in [0, 0.1) is 5.92 Å². The third-order valence-corrected chi connectivity index (χ3v) is 3.23. The van der Waals surface area contributed by atoms with Crippen molar-refractivity contribution in [2.24, 2.45) is 5.92 Å². The number of piperidine rings is 1. The van der Waals surface area contributed by atoms with Crippen molar-refractivity contribution in [2.75, 3.05) is 31.6 Å². The molecule has 1 aliphatic heterocycles. The first-order valence-electron chi connectivity index (χ1n) is 6.15. The molecule has 1 aromatic rings. The summed E-state index contributed by atoms with van der Waals surface area (Å²) in [6.07, 6.45) is 5.80. The van der Waals surface area contributed by atoms with Crippen LogP contribution in [0.1, 0.15) is 18.4 Å². The summed E-state index contributed by atoms with van der Waals surface area (Å²) in [6.45, 7) is 2.98. The number of aliphatic hydroxyl groups is 1. The molecule has 0 radical (unpaired) electrons. The third kappa shape index (κ3) is 3.14. The van der Waals surface area contributed by atoms with Gasteiger partial charge in [-0.25, -0.2) is 9.97 Å².